The van der Waals surface area contributed by atoms with Gasteiger partial charge in [0, 0.05) is 11.8 Å². The molecule has 0 radical (unpaired) electrons. The number of nitrogens with zero attached hydrogens (tertiary/aromatic N) is 1. The fraction of sp³-hybridized carbons (Fsp3) is 1.00. The molecule has 0 aliphatic carbocycles. The van der Waals surface area contributed by atoms with E-state index in [0.717, 1.165) is 24.6 Å². The van der Waals surface area contributed by atoms with Crippen molar-refractivity contribution in [1.29, 1.82) is 0 Å². The van der Waals surface area contributed by atoms with Crippen molar-refractivity contribution in [2.45, 2.75) is 45.4 Å². The summed E-state index contributed by atoms with van der Waals surface area (Å²) in [5, 5.41) is 0. The molecule has 0 aromatic heterocycles. The Kier molecular flexibility index (Phi) is 13.1. The Balaban J connectivity index is 3.53. The molecule has 0 heterocycles. The minimum atomic E-state index is 0.795. The van der Waals surface area contributed by atoms with Gasteiger partial charge in [-0.05, 0) is 51.7 Å². The molecule has 0 bridgehead atoms. The fourth-order valence-corrected chi connectivity index (χ4v) is 1.95. The topological polar surface area (TPSA) is 3.24 Å². The number of rotatable bonds is 11. The van der Waals surface area contributed by atoms with Gasteiger partial charge >= 0.3 is 0 Å². The molecule has 0 atom stereocenters. The lowest BCUT2D eigenvalue weighted by Gasteiger charge is -2.21. The summed E-state index contributed by atoms with van der Waals surface area (Å²) >= 11 is 11.4. The first-order valence-electron chi connectivity index (χ1n) is 6.19. The number of halogens is 2. The third-order valence-electron chi connectivity index (χ3n) is 2.54. The molecule has 0 aliphatic rings. The van der Waals surface area contributed by atoms with Gasteiger partial charge in [0.15, 0.2) is 0 Å². The maximum Gasteiger partial charge on any atom is 0.0223 e. The van der Waals surface area contributed by atoms with Crippen LogP contribution >= 0.6 is 23.2 Å². The summed E-state index contributed by atoms with van der Waals surface area (Å²) in [5.74, 6) is 1.59. The summed E-state index contributed by atoms with van der Waals surface area (Å²) < 4.78 is 0. The van der Waals surface area contributed by atoms with E-state index in [9.17, 15) is 0 Å². The van der Waals surface area contributed by atoms with E-state index in [1.165, 1.54) is 45.3 Å². The van der Waals surface area contributed by atoms with Crippen LogP contribution in [-0.2, 0) is 0 Å². The monoisotopic (exact) mass is 253 g/mol. The summed E-state index contributed by atoms with van der Waals surface area (Å²) in [5.41, 5.74) is 0. The summed E-state index contributed by atoms with van der Waals surface area (Å²) in [6.07, 6.45) is 7.32. The maximum atomic E-state index is 5.68. The first-order chi connectivity index (χ1) is 7.35. The predicted molar refractivity (Wildman–Crippen MR) is 71.3 cm³/mol. The van der Waals surface area contributed by atoms with E-state index in [-0.39, 0.29) is 0 Å². The molecular formula is C12H25Cl2N. The SMILES string of the molecule is CCCCN(CCCCCl)CCCCCl. The zero-order valence-corrected chi connectivity index (χ0v) is 11.5. The van der Waals surface area contributed by atoms with Crippen molar-refractivity contribution in [2.75, 3.05) is 31.4 Å². The first-order valence-corrected chi connectivity index (χ1v) is 7.26. The Bertz CT molecular complexity index is 110. The smallest absolute Gasteiger partial charge is 0.0223 e. The molecule has 0 aromatic carbocycles. The predicted octanol–water partition coefficient (Wildman–Crippen LogP) is 4.13. The van der Waals surface area contributed by atoms with Crippen molar-refractivity contribution in [3.63, 3.8) is 0 Å². The van der Waals surface area contributed by atoms with Gasteiger partial charge in [-0.15, -0.1) is 23.2 Å². The Morgan fingerprint density at radius 2 is 1.20 bits per heavy atom. The van der Waals surface area contributed by atoms with E-state index in [1.54, 1.807) is 0 Å². The molecule has 0 aliphatic heterocycles. The van der Waals surface area contributed by atoms with Gasteiger partial charge in [-0.25, -0.2) is 0 Å². The largest absolute Gasteiger partial charge is 0.303 e. The number of alkyl halides is 2. The highest BCUT2D eigenvalue weighted by molar-refractivity contribution is 6.18. The van der Waals surface area contributed by atoms with Gasteiger partial charge in [0.25, 0.3) is 0 Å². The Hall–Kier alpha value is 0.540. The number of unbranched alkanes of at least 4 members (excludes halogenated alkanes) is 3. The Morgan fingerprint density at radius 3 is 1.60 bits per heavy atom. The lowest BCUT2D eigenvalue weighted by Crippen LogP contribution is -2.27. The molecule has 0 saturated heterocycles. The maximum absolute atomic E-state index is 5.68. The zero-order valence-electron chi connectivity index (χ0n) is 9.98. The van der Waals surface area contributed by atoms with Crippen LogP contribution in [0.3, 0.4) is 0 Å². The average molecular weight is 254 g/mol. The van der Waals surface area contributed by atoms with Gasteiger partial charge < -0.3 is 4.90 Å². The molecule has 15 heavy (non-hydrogen) atoms. The highest BCUT2D eigenvalue weighted by Gasteiger charge is 2.03. The van der Waals surface area contributed by atoms with E-state index < -0.39 is 0 Å². The first kappa shape index (κ1) is 15.5. The van der Waals surface area contributed by atoms with Crippen molar-refractivity contribution >= 4 is 23.2 Å². The second-order valence-electron chi connectivity index (χ2n) is 3.99. The fourth-order valence-electron chi connectivity index (χ4n) is 1.58. The van der Waals surface area contributed by atoms with Gasteiger partial charge in [-0.2, -0.15) is 0 Å². The molecule has 1 nitrogen and oxygen atoms in total. The summed E-state index contributed by atoms with van der Waals surface area (Å²) in [4.78, 5) is 2.56. The molecule has 0 spiro atoms. The molecule has 0 unspecified atom stereocenters. The molecule has 0 rings (SSSR count). The van der Waals surface area contributed by atoms with Crippen molar-refractivity contribution in [1.82, 2.24) is 4.90 Å². The van der Waals surface area contributed by atoms with Crippen LogP contribution in [0.2, 0.25) is 0 Å². The van der Waals surface area contributed by atoms with Crippen molar-refractivity contribution in [3.05, 3.63) is 0 Å². The van der Waals surface area contributed by atoms with Crippen LogP contribution < -0.4 is 0 Å². The number of hydrogen-bond donors (Lipinski definition) is 0. The van der Waals surface area contributed by atoms with Gasteiger partial charge in [0.2, 0.25) is 0 Å². The Labute approximate surface area is 105 Å². The zero-order chi connectivity index (χ0) is 11.4. The second kappa shape index (κ2) is 12.6. The van der Waals surface area contributed by atoms with Crippen LogP contribution in [0, 0.1) is 0 Å². The molecule has 0 N–H and O–H groups in total. The quantitative estimate of drug-likeness (QED) is 0.396. The van der Waals surface area contributed by atoms with Gasteiger partial charge in [0.05, 0.1) is 0 Å². The standard InChI is InChI=1S/C12H25Cl2N/c1-2-3-10-15(11-6-4-8-13)12-7-5-9-14/h2-12H2,1H3. The Morgan fingerprint density at radius 1 is 0.733 bits per heavy atom. The van der Waals surface area contributed by atoms with Crippen molar-refractivity contribution in [3.8, 4) is 0 Å². The van der Waals surface area contributed by atoms with E-state index in [2.05, 4.69) is 11.8 Å². The molecule has 0 amide bonds. The molecule has 0 fully saturated rings. The molecule has 0 saturated carbocycles. The number of hydrogen-bond acceptors (Lipinski definition) is 1. The molecule has 0 aromatic rings. The highest BCUT2D eigenvalue weighted by atomic mass is 35.5. The summed E-state index contributed by atoms with van der Waals surface area (Å²) in [7, 11) is 0. The lowest BCUT2D eigenvalue weighted by molar-refractivity contribution is 0.261. The van der Waals surface area contributed by atoms with E-state index in [4.69, 9.17) is 23.2 Å². The van der Waals surface area contributed by atoms with Crippen LogP contribution in [0.15, 0.2) is 0 Å². The minimum absolute atomic E-state index is 0.795. The van der Waals surface area contributed by atoms with E-state index >= 15 is 0 Å². The average Bonchev–Trinajstić information content (AvgIpc) is 2.25. The van der Waals surface area contributed by atoms with E-state index in [0.29, 0.717) is 0 Å². The van der Waals surface area contributed by atoms with Crippen molar-refractivity contribution in [2.24, 2.45) is 0 Å². The third-order valence-corrected chi connectivity index (χ3v) is 3.08. The van der Waals surface area contributed by atoms with Gasteiger partial charge in [-0.3, -0.25) is 0 Å². The summed E-state index contributed by atoms with van der Waals surface area (Å²) in [6, 6.07) is 0. The molecule has 92 valence electrons. The highest BCUT2D eigenvalue weighted by Crippen LogP contribution is 2.03. The van der Waals surface area contributed by atoms with Crippen molar-refractivity contribution < 1.29 is 0 Å². The van der Waals surface area contributed by atoms with Crippen LogP contribution in [-0.4, -0.2) is 36.3 Å². The van der Waals surface area contributed by atoms with Crippen LogP contribution in [0.25, 0.3) is 0 Å². The van der Waals surface area contributed by atoms with Gasteiger partial charge in [0.1, 0.15) is 0 Å². The van der Waals surface area contributed by atoms with Crippen LogP contribution in [0.5, 0.6) is 0 Å². The lowest BCUT2D eigenvalue weighted by atomic mass is 10.2. The minimum Gasteiger partial charge on any atom is -0.303 e. The van der Waals surface area contributed by atoms with Crippen LogP contribution in [0.4, 0.5) is 0 Å². The van der Waals surface area contributed by atoms with E-state index in [1.807, 2.05) is 0 Å². The third kappa shape index (κ3) is 10.8. The van der Waals surface area contributed by atoms with Crippen LogP contribution in [0.1, 0.15) is 45.4 Å². The van der Waals surface area contributed by atoms with Gasteiger partial charge in [-0.1, -0.05) is 13.3 Å². The normalized spacial score (nSPS) is 11.2. The molecule has 3 heteroatoms. The summed E-state index contributed by atoms with van der Waals surface area (Å²) in [6.45, 7) is 5.89. The second-order valence-corrected chi connectivity index (χ2v) is 4.74. The molecular weight excluding hydrogens is 229 g/mol.